The molecule has 6 nitrogen and oxygen atoms in total. The van der Waals surface area contributed by atoms with Crippen LogP contribution in [0.4, 0.5) is 0 Å². The normalized spacial score (nSPS) is 12.5. The Balaban J connectivity index is 4.43. The van der Waals surface area contributed by atoms with Crippen molar-refractivity contribution in [1.29, 1.82) is 0 Å². The van der Waals surface area contributed by atoms with Crippen LogP contribution in [0.2, 0.25) is 0 Å². The van der Waals surface area contributed by atoms with Crippen LogP contribution in [0.5, 0.6) is 0 Å². The molecule has 0 heterocycles. The van der Waals surface area contributed by atoms with Crippen LogP contribution in [0.15, 0.2) is 72.9 Å². The standard InChI is InChI=1S/C66H116O6/c1-4-7-10-13-16-19-22-25-28-31-33-36-38-41-44-47-50-53-56-59-65(68)71-62-63(61-70-64(67)58-55-52-49-46-43-40-37-34-30-27-24-21-18-15-12-9-6-3)72-66(69)60-57-54-51-48-45-42-39-35-32-29-26-23-20-17-14-11-8-5-2/h9,12,18,21,27,30,35,37,39-40,46,49,63H,4-8,10-11,13-17,19-20,22-26,28-29,31-34,36,38,41-45,47-48,50-62H2,1-3H3/b12-9-,21-18-,30-27-,39-35-,40-37-,49-46-. The lowest BCUT2D eigenvalue weighted by molar-refractivity contribution is -0.167. The first-order valence-electron chi connectivity index (χ1n) is 30.9. The summed E-state index contributed by atoms with van der Waals surface area (Å²) in [6.45, 7) is 6.51. The van der Waals surface area contributed by atoms with E-state index in [0.29, 0.717) is 19.3 Å². The summed E-state index contributed by atoms with van der Waals surface area (Å²) in [5.74, 6) is -0.948. The predicted molar refractivity (Wildman–Crippen MR) is 311 cm³/mol. The van der Waals surface area contributed by atoms with Gasteiger partial charge in [0, 0.05) is 19.3 Å². The van der Waals surface area contributed by atoms with Crippen molar-refractivity contribution < 1.29 is 28.6 Å². The summed E-state index contributed by atoms with van der Waals surface area (Å²) in [5, 5.41) is 0. The van der Waals surface area contributed by atoms with E-state index < -0.39 is 6.10 Å². The van der Waals surface area contributed by atoms with Gasteiger partial charge in [-0.1, -0.05) is 280 Å². The fraction of sp³-hybridized carbons (Fsp3) is 0.773. The number of hydrogen-bond donors (Lipinski definition) is 0. The van der Waals surface area contributed by atoms with Crippen LogP contribution in [-0.4, -0.2) is 37.2 Å². The molecule has 0 aromatic rings. The Hall–Kier alpha value is -3.15. The number of hydrogen-bond acceptors (Lipinski definition) is 6. The molecule has 72 heavy (non-hydrogen) atoms. The van der Waals surface area contributed by atoms with Crippen molar-refractivity contribution in [2.75, 3.05) is 13.2 Å². The van der Waals surface area contributed by atoms with Crippen molar-refractivity contribution in [3.63, 3.8) is 0 Å². The fourth-order valence-electron chi connectivity index (χ4n) is 8.83. The number of unbranched alkanes of at least 4 members (excludes halogenated alkanes) is 33. The van der Waals surface area contributed by atoms with Crippen LogP contribution in [-0.2, 0) is 28.6 Å². The van der Waals surface area contributed by atoms with E-state index in [1.54, 1.807) is 0 Å². The molecule has 1 unspecified atom stereocenters. The first-order chi connectivity index (χ1) is 35.5. The quantitative estimate of drug-likeness (QED) is 0.0261. The summed E-state index contributed by atoms with van der Waals surface area (Å²) in [4.78, 5) is 38.2. The maximum absolute atomic E-state index is 12.9. The molecule has 0 aliphatic carbocycles. The monoisotopic (exact) mass is 1000 g/mol. The molecule has 0 N–H and O–H groups in total. The number of rotatable bonds is 56. The lowest BCUT2D eigenvalue weighted by Crippen LogP contribution is -2.30. The van der Waals surface area contributed by atoms with E-state index >= 15 is 0 Å². The first-order valence-corrected chi connectivity index (χ1v) is 30.9. The molecule has 0 aliphatic heterocycles. The Morgan fingerprint density at radius 2 is 0.556 bits per heavy atom. The second kappa shape index (κ2) is 60.4. The van der Waals surface area contributed by atoms with Crippen molar-refractivity contribution in [1.82, 2.24) is 0 Å². The van der Waals surface area contributed by atoms with Gasteiger partial charge in [-0.2, -0.15) is 0 Å². The summed E-state index contributed by atoms with van der Waals surface area (Å²) in [6, 6.07) is 0. The predicted octanol–water partition coefficient (Wildman–Crippen LogP) is 20.9. The molecule has 0 amide bonds. The number of ether oxygens (including phenoxy) is 3. The van der Waals surface area contributed by atoms with E-state index in [9.17, 15) is 14.4 Å². The zero-order valence-corrected chi connectivity index (χ0v) is 47.7. The Morgan fingerprint density at radius 1 is 0.292 bits per heavy atom. The van der Waals surface area contributed by atoms with E-state index in [-0.39, 0.29) is 37.5 Å². The molecule has 0 rings (SSSR count). The number of allylic oxidation sites excluding steroid dienone is 12. The molecule has 0 aromatic carbocycles. The van der Waals surface area contributed by atoms with Gasteiger partial charge in [0.15, 0.2) is 6.10 Å². The first kappa shape index (κ1) is 68.8. The van der Waals surface area contributed by atoms with Crippen molar-refractivity contribution in [2.24, 2.45) is 0 Å². The van der Waals surface area contributed by atoms with Crippen molar-refractivity contribution in [2.45, 2.75) is 316 Å². The Kier molecular flexibility index (Phi) is 57.8. The maximum atomic E-state index is 12.9. The topological polar surface area (TPSA) is 78.9 Å². The number of carbonyl (C=O) groups is 3. The Morgan fingerprint density at radius 3 is 0.917 bits per heavy atom. The van der Waals surface area contributed by atoms with Gasteiger partial charge in [-0.15, -0.1) is 0 Å². The van der Waals surface area contributed by atoms with Gasteiger partial charge in [0.25, 0.3) is 0 Å². The molecule has 0 aliphatic rings. The zero-order valence-electron chi connectivity index (χ0n) is 47.7. The molecule has 0 saturated carbocycles. The van der Waals surface area contributed by atoms with Crippen LogP contribution in [0.25, 0.3) is 0 Å². The molecule has 0 saturated heterocycles. The van der Waals surface area contributed by atoms with Gasteiger partial charge in [0.2, 0.25) is 0 Å². The van der Waals surface area contributed by atoms with Crippen LogP contribution in [0.1, 0.15) is 310 Å². The minimum absolute atomic E-state index is 0.0936. The summed E-state index contributed by atoms with van der Waals surface area (Å²) < 4.78 is 16.9. The minimum Gasteiger partial charge on any atom is -0.462 e. The van der Waals surface area contributed by atoms with Crippen LogP contribution >= 0.6 is 0 Å². The molecule has 0 fully saturated rings. The summed E-state index contributed by atoms with van der Waals surface area (Å²) in [7, 11) is 0. The van der Waals surface area contributed by atoms with Gasteiger partial charge < -0.3 is 14.2 Å². The van der Waals surface area contributed by atoms with Gasteiger partial charge in [-0.3, -0.25) is 14.4 Å². The second-order valence-electron chi connectivity index (χ2n) is 20.6. The third-order valence-electron chi connectivity index (χ3n) is 13.4. The molecular weight excluding hydrogens is 889 g/mol. The van der Waals surface area contributed by atoms with E-state index in [4.69, 9.17) is 14.2 Å². The third-order valence-corrected chi connectivity index (χ3v) is 13.4. The molecule has 6 heteroatoms. The van der Waals surface area contributed by atoms with Gasteiger partial charge in [-0.25, -0.2) is 0 Å². The summed E-state index contributed by atoms with van der Waals surface area (Å²) in [6.07, 6.45) is 77.7. The Labute approximate surface area is 446 Å². The highest BCUT2D eigenvalue weighted by atomic mass is 16.6. The van der Waals surface area contributed by atoms with Crippen LogP contribution < -0.4 is 0 Å². The third kappa shape index (κ3) is 57.7. The minimum atomic E-state index is -0.802. The lowest BCUT2D eigenvalue weighted by atomic mass is 10.0. The van der Waals surface area contributed by atoms with Crippen LogP contribution in [0, 0.1) is 0 Å². The Bertz CT molecular complexity index is 1340. The van der Waals surface area contributed by atoms with Gasteiger partial charge >= 0.3 is 17.9 Å². The van der Waals surface area contributed by atoms with Crippen LogP contribution in [0.3, 0.4) is 0 Å². The average molecular weight is 1010 g/mol. The number of carbonyl (C=O) groups excluding carboxylic acids is 3. The molecule has 1 atom stereocenters. The van der Waals surface area contributed by atoms with E-state index in [0.717, 1.165) is 89.9 Å². The zero-order chi connectivity index (χ0) is 52.2. The fourth-order valence-corrected chi connectivity index (χ4v) is 8.83. The van der Waals surface area contributed by atoms with E-state index in [2.05, 4.69) is 93.7 Å². The highest BCUT2D eigenvalue weighted by molar-refractivity contribution is 5.71. The summed E-state index contributed by atoms with van der Waals surface area (Å²) in [5.41, 5.74) is 0. The average Bonchev–Trinajstić information content (AvgIpc) is 3.38. The molecule has 0 aromatic heterocycles. The van der Waals surface area contributed by atoms with Crippen molar-refractivity contribution in [3.05, 3.63) is 72.9 Å². The molecular formula is C66H116O6. The van der Waals surface area contributed by atoms with E-state index in [1.807, 2.05) is 0 Å². The second-order valence-corrected chi connectivity index (χ2v) is 20.6. The highest BCUT2D eigenvalue weighted by Gasteiger charge is 2.19. The van der Waals surface area contributed by atoms with Crippen molar-refractivity contribution in [3.8, 4) is 0 Å². The maximum Gasteiger partial charge on any atom is 0.306 e. The van der Waals surface area contributed by atoms with Gasteiger partial charge in [-0.05, 0) is 83.5 Å². The van der Waals surface area contributed by atoms with E-state index in [1.165, 1.54) is 173 Å². The van der Waals surface area contributed by atoms with Gasteiger partial charge in [0.1, 0.15) is 13.2 Å². The lowest BCUT2D eigenvalue weighted by Gasteiger charge is -2.18. The highest BCUT2D eigenvalue weighted by Crippen LogP contribution is 2.17. The molecule has 0 radical (unpaired) electrons. The largest absolute Gasteiger partial charge is 0.462 e. The summed E-state index contributed by atoms with van der Waals surface area (Å²) >= 11 is 0. The molecule has 416 valence electrons. The smallest absolute Gasteiger partial charge is 0.306 e. The molecule has 0 bridgehead atoms. The SMILES string of the molecule is CC/C=C\C/C=C\C/C=C\C/C=C\C/C=C\CCCC(=O)OCC(COC(=O)CCCCCCCCCCCCCCCCCCCCC)OC(=O)CCCCCCC/C=C\CCCCCCCCCCC. The number of esters is 3. The van der Waals surface area contributed by atoms with Gasteiger partial charge in [0.05, 0.1) is 0 Å². The van der Waals surface area contributed by atoms with Crippen molar-refractivity contribution >= 4 is 17.9 Å². The molecule has 0 spiro atoms.